The third-order valence-corrected chi connectivity index (χ3v) is 2.25. The van der Waals surface area contributed by atoms with Crippen LogP contribution in [0.25, 0.3) is 11.2 Å². The maximum Gasteiger partial charge on any atom is 0.322 e. The van der Waals surface area contributed by atoms with Gasteiger partial charge in [0.2, 0.25) is 0 Å². The Balaban J connectivity index is 2.51. The summed E-state index contributed by atoms with van der Waals surface area (Å²) < 4.78 is 0. The van der Waals surface area contributed by atoms with Crippen LogP contribution >= 0.6 is 0 Å². The monoisotopic (exact) mass is 264 g/mol. The Morgan fingerprint density at radius 1 is 1.32 bits per heavy atom. The molecule has 2 aromatic heterocycles. The molecular weight excluding hydrogens is 256 g/mol. The topological polar surface area (TPSA) is 145 Å². The van der Waals surface area contributed by atoms with Gasteiger partial charge in [0.05, 0.1) is 0 Å². The van der Waals surface area contributed by atoms with Crippen LogP contribution in [0.4, 0.5) is 0 Å². The minimum atomic E-state index is -1.27. The molecule has 2 heterocycles. The summed E-state index contributed by atoms with van der Waals surface area (Å²) in [7, 11) is 0. The molecule has 0 aromatic carbocycles. The van der Waals surface area contributed by atoms with Crippen LogP contribution in [0.15, 0.2) is 17.2 Å². The summed E-state index contributed by atoms with van der Waals surface area (Å²) in [6, 6.07) is 0. The first-order chi connectivity index (χ1) is 9.00. The van der Waals surface area contributed by atoms with E-state index in [-0.39, 0.29) is 11.2 Å². The van der Waals surface area contributed by atoms with Crippen LogP contribution in [0, 0.1) is 0 Å². The van der Waals surface area contributed by atoms with Gasteiger partial charge in [-0.15, -0.1) is 0 Å². The zero-order chi connectivity index (χ0) is 14.0. The first kappa shape index (κ1) is 12.5. The van der Waals surface area contributed by atoms with Crippen molar-refractivity contribution in [3.63, 3.8) is 0 Å². The second-order valence-electron chi connectivity index (χ2n) is 3.51. The van der Waals surface area contributed by atoms with E-state index in [4.69, 9.17) is 5.11 Å². The Morgan fingerprint density at radius 2 is 2.00 bits per heavy atom. The van der Waals surface area contributed by atoms with Crippen LogP contribution in [0.2, 0.25) is 0 Å². The van der Waals surface area contributed by atoms with Crippen molar-refractivity contribution in [1.29, 1.82) is 0 Å². The summed E-state index contributed by atoms with van der Waals surface area (Å²) in [4.78, 5) is 43.4. The van der Waals surface area contributed by atoms with E-state index in [9.17, 15) is 19.5 Å². The second kappa shape index (κ2) is 4.72. The zero-order valence-corrected chi connectivity index (χ0v) is 9.38. The maximum atomic E-state index is 11.6. The summed E-state index contributed by atoms with van der Waals surface area (Å²) in [5.74, 6) is -2.92. The number of aromatic hydroxyl groups is 1. The molecule has 2 rings (SSSR count). The number of pyridine rings is 1. The standard InChI is InChI=1S/C10H8N4O5/c15-4(16)3-13-9(18)5-7(17)6-8(14-10(5)19)12-2-1-11-6/h1-2H,3H2,(H,13,18)(H,15,16)(H2,12,14,17,19). The van der Waals surface area contributed by atoms with Gasteiger partial charge in [0.15, 0.2) is 11.4 Å². The van der Waals surface area contributed by atoms with E-state index in [1.165, 1.54) is 12.4 Å². The first-order valence-electron chi connectivity index (χ1n) is 5.06. The number of amides is 1. The van der Waals surface area contributed by atoms with Crippen LogP contribution in [-0.2, 0) is 4.79 Å². The minimum Gasteiger partial charge on any atom is -0.505 e. The van der Waals surface area contributed by atoms with Crippen LogP contribution in [-0.4, -0.2) is 43.6 Å². The predicted molar refractivity (Wildman–Crippen MR) is 61.8 cm³/mol. The van der Waals surface area contributed by atoms with Crippen LogP contribution in [0.5, 0.6) is 5.75 Å². The van der Waals surface area contributed by atoms with Crippen LogP contribution in [0.3, 0.4) is 0 Å². The Kier molecular flexibility index (Phi) is 3.10. The molecule has 0 unspecified atom stereocenters. The van der Waals surface area contributed by atoms with Gasteiger partial charge in [0, 0.05) is 12.4 Å². The molecule has 9 heteroatoms. The molecule has 0 aliphatic rings. The van der Waals surface area contributed by atoms with Gasteiger partial charge in [-0.3, -0.25) is 14.4 Å². The van der Waals surface area contributed by atoms with Crippen molar-refractivity contribution in [1.82, 2.24) is 20.3 Å². The van der Waals surface area contributed by atoms with Crippen LogP contribution in [0.1, 0.15) is 10.4 Å². The molecule has 4 N–H and O–H groups in total. The molecule has 0 saturated heterocycles. The molecule has 2 aromatic rings. The number of H-pyrrole nitrogens is 1. The lowest BCUT2D eigenvalue weighted by atomic mass is 10.2. The number of carbonyl (C=O) groups is 2. The number of nitrogens with zero attached hydrogens (tertiary/aromatic N) is 2. The number of hydrogen-bond acceptors (Lipinski definition) is 6. The zero-order valence-electron chi connectivity index (χ0n) is 9.38. The summed E-state index contributed by atoms with van der Waals surface area (Å²) in [6.45, 7) is -0.670. The average molecular weight is 264 g/mol. The summed E-state index contributed by atoms with van der Waals surface area (Å²) >= 11 is 0. The number of aromatic nitrogens is 3. The lowest BCUT2D eigenvalue weighted by Crippen LogP contribution is -2.33. The van der Waals surface area contributed by atoms with Crippen molar-refractivity contribution in [3.05, 3.63) is 28.3 Å². The van der Waals surface area contributed by atoms with Crippen molar-refractivity contribution in [3.8, 4) is 5.75 Å². The number of fused-ring (bicyclic) bond motifs is 1. The van der Waals surface area contributed by atoms with Crippen molar-refractivity contribution in [2.45, 2.75) is 0 Å². The highest BCUT2D eigenvalue weighted by molar-refractivity contribution is 6.01. The highest BCUT2D eigenvalue weighted by Crippen LogP contribution is 2.20. The average Bonchev–Trinajstić information content (AvgIpc) is 2.36. The Bertz CT molecular complexity index is 723. The van der Waals surface area contributed by atoms with E-state index >= 15 is 0 Å². The molecule has 98 valence electrons. The molecule has 19 heavy (non-hydrogen) atoms. The number of hydrogen-bond donors (Lipinski definition) is 4. The highest BCUT2D eigenvalue weighted by atomic mass is 16.4. The molecule has 1 amide bonds. The molecule has 0 atom stereocenters. The number of nitrogens with one attached hydrogen (secondary N) is 2. The van der Waals surface area contributed by atoms with Crippen molar-refractivity contribution in [2.75, 3.05) is 6.54 Å². The van der Waals surface area contributed by atoms with E-state index in [1.807, 2.05) is 5.32 Å². The predicted octanol–water partition coefficient (Wildman–Crippen LogP) is -1.16. The molecule has 0 radical (unpaired) electrons. The molecule has 9 nitrogen and oxygen atoms in total. The molecule has 0 saturated carbocycles. The molecule has 0 fully saturated rings. The lowest BCUT2D eigenvalue weighted by molar-refractivity contribution is -0.135. The summed E-state index contributed by atoms with van der Waals surface area (Å²) in [5, 5.41) is 20.2. The van der Waals surface area contributed by atoms with Gasteiger partial charge >= 0.3 is 5.97 Å². The van der Waals surface area contributed by atoms with Gasteiger partial charge in [-0.05, 0) is 0 Å². The van der Waals surface area contributed by atoms with Gasteiger partial charge in [0.1, 0.15) is 17.6 Å². The van der Waals surface area contributed by atoms with E-state index in [2.05, 4.69) is 15.0 Å². The first-order valence-corrected chi connectivity index (χ1v) is 5.06. The van der Waals surface area contributed by atoms with Crippen molar-refractivity contribution >= 4 is 23.0 Å². The van der Waals surface area contributed by atoms with Gasteiger partial charge in [-0.1, -0.05) is 0 Å². The van der Waals surface area contributed by atoms with Gasteiger partial charge in [-0.25, -0.2) is 9.97 Å². The summed E-state index contributed by atoms with van der Waals surface area (Å²) in [5.41, 5.74) is -1.51. The molecule has 0 aliphatic carbocycles. The molecule has 0 bridgehead atoms. The highest BCUT2D eigenvalue weighted by Gasteiger charge is 2.20. The Labute approximate surface area is 104 Å². The van der Waals surface area contributed by atoms with Crippen molar-refractivity contribution < 1.29 is 19.8 Å². The molecular formula is C10H8N4O5. The number of carboxylic acid groups (broad SMARTS) is 1. The van der Waals surface area contributed by atoms with Crippen molar-refractivity contribution in [2.24, 2.45) is 0 Å². The lowest BCUT2D eigenvalue weighted by Gasteiger charge is -2.05. The van der Waals surface area contributed by atoms with Gasteiger partial charge in [-0.2, -0.15) is 0 Å². The fourth-order valence-electron chi connectivity index (χ4n) is 1.45. The minimum absolute atomic E-state index is 0.0276. The number of carboxylic acids is 1. The quantitative estimate of drug-likeness (QED) is 0.546. The second-order valence-corrected chi connectivity index (χ2v) is 3.51. The van der Waals surface area contributed by atoms with Gasteiger partial charge in [0.25, 0.3) is 11.5 Å². The van der Waals surface area contributed by atoms with Crippen LogP contribution < -0.4 is 10.9 Å². The summed E-state index contributed by atoms with van der Waals surface area (Å²) in [6.07, 6.45) is 2.58. The third-order valence-electron chi connectivity index (χ3n) is 2.25. The number of aromatic amines is 1. The van der Waals surface area contributed by atoms with E-state index < -0.39 is 35.3 Å². The normalized spacial score (nSPS) is 10.3. The fourth-order valence-corrected chi connectivity index (χ4v) is 1.45. The van der Waals surface area contributed by atoms with E-state index in [0.717, 1.165) is 0 Å². The van der Waals surface area contributed by atoms with Gasteiger partial charge < -0.3 is 20.5 Å². The third kappa shape index (κ3) is 2.34. The Hall–Kier alpha value is -2.97. The van der Waals surface area contributed by atoms with E-state index in [0.29, 0.717) is 0 Å². The number of aliphatic carboxylic acids is 1. The molecule has 0 aliphatic heterocycles. The number of rotatable bonds is 3. The SMILES string of the molecule is O=C(O)CNC(=O)c1c(O)c2nccnc2[nH]c1=O. The molecule has 0 spiro atoms. The fraction of sp³-hybridized carbons (Fsp3) is 0.100. The maximum absolute atomic E-state index is 11.6. The Morgan fingerprint density at radius 3 is 2.68 bits per heavy atom. The largest absolute Gasteiger partial charge is 0.505 e. The smallest absolute Gasteiger partial charge is 0.322 e. The number of carbonyl (C=O) groups excluding carboxylic acids is 1. The van der Waals surface area contributed by atoms with E-state index in [1.54, 1.807) is 0 Å².